The molecule has 0 atom stereocenters. The van der Waals surface area contributed by atoms with Gasteiger partial charge in [0.15, 0.2) is 0 Å². The number of phenols is 1. The van der Waals surface area contributed by atoms with Crippen molar-refractivity contribution in [1.29, 1.82) is 0 Å². The monoisotopic (exact) mass is 229 g/mol. The van der Waals surface area contributed by atoms with E-state index in [-0.39, 0.29) is 0 Å². The Morgan fingerprint density at radius 1 is 1.00 bits per heavy atom. The number of rotatable bonds is 4. The number of anilines is 1. The molecule has 3 nitrogen and oxygen atoms in total. The van der Waals surface area contributed by atoms with Crippen LogP contribution in [-0.2, 0) is 6.42 Å². The molecule has 88 valence electrons. The molecule has 2 aromatic rings. The van der Waals surface area contributed by atoms with Crippen molar-refractivity contribution in [3.05, 3.63) is 54.1 Å². The van der Waals surface area contributed by atoms with Gasteiger partial charge in [-0.1, -0.05) is 18.2 Å². The molecule has 0 heterocycles. The molecule has 2 aromatic carbocycles. The minimum Gasteiger partial charge on any atom is -0.508 e. The maximum absolute atomic E-state index is 9.57. The first kappa shape index (κ1) is 11.3. The Morgan fingerprint density at radius 3 is 2.41 bits per heavy atom. The summed E-state index contributed by atoms with van der Waals surface area (Å²) in [5.74, 6) is 1.10. The number of hydrogen-bond donors (Lipinski definition) is 2. The number of benzene rings is 2. The molecule has 0 saturated carbocycles. The fourth-order valence-corrected chi connectivity index (χ4v) is 1.57. The van der Waals surface area contributed by atoms with Gasteiger partial charge in [0.25, 0.3) is 0 Å². The highest BCUT2D eigenvalue weighted by molar-refractivity contribution is 5.41. The molecular weight excluding hydrogens is 214 g/mol. The molecule has 0 radical (unpaired) electrons. The largest absolute Gasteiger partial charge is 0.508 e. The number of nitrogens with two attached hydrogens (primary N) is 1. The summed E-state index contributed by atoms with van der Waals surface area (Å²) < 4.78 is 5.55. The summed E-state index contributed by atoms with van der Waals surface area (Å²) in [7, 11) is 0. The van der Waals surface area contributed by atoms with Gasteiger partial charge in [0.1, 0.15) is 11.5 Å². The third kappa shape index (κ3) is 3.14. The average molecular weight is 229 g/mol. The van der Waals surface area contributed by atoms with Crippen molar-refractivity contribution in [2.24, 2.45) is 0 Å². The van der Waals surface area contributed by atoms with Crippen LogP contribution < -0.4 is 10.5 Å². The van der Waals surface area contributed by atoms with E-state index < -0.39 is 0 Å². The Bertz CT molecular complexity index is 480. The van der Waals surface area contributed by atoms with Gasteiger partial charge in [-0.3, -0.25) is 0 Å². The molecule has 0 spiro atoms. The minimum atomic E-state index is 0.313. The van der Waals surface area contributed by atoms with Crippen molar-refractivity contribution in [3.63, 3.8) is 0 Å². The summed E-state index contributed by atoms with van der Waals surface area (Å²) in [5, 5.41) is 9.57. The molecule has 3 N–H and O–H groups in total. The second-order valence-corrected chi connectivity index (χ2v) is 3.80. The second-order valence-electron chi connectivity index (χ2n) is 3.80. The fourth-order valence-electron chi connectivity index (χ4n) is 1.57. The topological polar surface area (TPSA) is 55.5 Å². The van der Waals surface area contributed by atoms with E-state index in [2.05, 4.69) is 0 Å². The summed E-state index contributed by atoms with van der Waals surface area (Å²) in [6.45, 7) is 0.529. The highest BCUT2D eigenvalue weighted by Gasteiger charge is 2.00. The molecule has 3 heteroatoms. The van der Waals surface area contributed by atoms with Crippen molar-refractivity contribution in [2.75, 3.05) is 12.3 Å². The lowest BCUT2D eigenvalue weighted by Gasteiger charge is -2.07. The van der Waals surface area contributed by atoms with Gasteiger partial charge in [-0.2, -0.15) is 0 Å². The van der Waals surface area contributed by atoms with Gasteiger partial charge in [-0.05, 0) is 35.9 Å². The lowest BCUT2D eigenvalue weighted by Crippen LogP contribution is -2.01. The molecule has 0 fully saturated rings. The zero-order chi connectivity index (χ0) is 12.1. The van der Waals surface area contributed by atoms with Gasteiger partial charge in [0, 0.05) is 12.1 Å². The molecule has 0 aromatic heterocycles. The molecule has 17 heavy (non-hydrogen) atoms. The number of hydrogen-bond acceptors (Lipinski definition) is 3. The first-order valence-corrected chi connectivity index (χ1v) is 5.51. The van der Waals surface area contributed by atoms with E-state index in [9.17, 15) is 5.11 Å². The summed E-state index contributed by atoms with van der Waals surface area (Å²) in [5.41, 5.74) is 7.19. The quantitative estimate of drug-likeness (QED) is 0.792. The third-order valence-corrected chi connectivity index (χ3v) is 2.51. The fraction of sp³-hybridized carbons (Fsp3) is 0.143. The van der Waals surface area contributed by atoms with Crippen LogP contribution in [0, 0.1) is 0 Å². The first-order valence-electron chi connectivity index (χ1n) is 5.51. The van der Waals surface area contributed by atoms with E-state index in [1.807, 2.05) is 24.3 Å². The summed E-state index contributed by atoms with van der Waals surface area (Å²) in [6.07, 6.45) is 0.678. The number of ether oxygens (including phenoxy) is 1. The Kier molecular flexibility index (Phi) is 3.50. The van der Waals surface area contributed by atoms with E-state index in [0.717, 1.165) is 17.0 Å². The minimum absolute atomic E-state index is 0.313. The zero-order valence-corrected chi connectivity index (χ0v) is 9.47. The average Bonchev–Trinajstić information content (AvgIpc) is 2.34. The van der Waals surface area contributed by atoms with Gasteiger partial charge >= 0.3 is 0 Å². The molecule has 0 bridgehead atoms. The SMILES string of the molecule is Nc1ccc(OCCc2ccccc2O)cc1. The van der Waals surface area contributed by atoms with Crippen LogP contribution in [0.2, 0.25) is 0 Å². The Labute approximate surface area is 100 Å². The lowest BCUT2D eigenvalue weighted by molar-refractivity contribution is 0.319. The summed E-state index contributed by atoms with van der Waals surface area (Å²) in [6, 6.07) is 14.5. The molecule has 0 aliphatic heterocycles. The molecule has 2 rings (SSSR count). The molecule has 0 aliphatic carbocycles. The number of aromatic hydroxyl groups is 1. The lowest BCUT2D eigenvalue weighted by atomic mass is 10.1. The van der Waals surface area contributed by atoms with E-state index in [4.69, 9.17) is 10.5 Å². The highest BCUT2D eigenvalue weighted by Crippen LogP contribution is 2.17. The summed E-state index contributed by atoms with van der Waals surface area (Å²) in [4.78, 5) is 0. The number of nitrogen functional groups attached to an aromatic ring is 1. The van der Waals surface area contributed by atoms with Crippen LogP contribution in [0.3, 0.4) is 0 Å². The Balaban J connectivity index is 1.88. The smallest absolute Gasteiger partial charge is 0.119 e. The normalized spacial score (nSPS) is 10.1. The van der Waals surface area contributed by atoms with Gasteiger partial charge in [0.05, 0.1) is 6.61 Å². The third-order valence-electron chi connectivity index (χ3n) is 2.51. The molecule has 0 aliphatic rings. The van der Waals surface area contributed by atoms with Crippen LogP contribution in [0.15, 0.2) is 48.5 Å². The maximum atomic E-state index is 9.57. The van der Waals surface area contributed by atoms with Crippen LogP contribution in [-0.4, -0.2) is 11.7 Å². The molecule has 0 unspecified atom stereocenters. The second kappa shape index (κ2) is 5.25. The van der Waals surface area contributed by atoms with Crippen LogP contribution in [0.5, 0.6) is 11.5 Å². The first-order chi connectivity index (χ1) is 8.25. The van der Waals surface area contributed by atoms with E-state index in [1.165, 1.54) is 0 Å². The molecular formula is C14H15NO2. The number of phenolic OH excluding ortho intramolecular Hbond substituents is 1. The van der Waals surface area contributed by atoms with Gasteiger partial charge < -0.3 is 15.6 Å². The highest BCUT2D eigenvalue weighted by atomic mass is 16.5. The van der Waals surface area contributed by atoms with E-state index >= 15 is 0 Å². The summed E-state index contributed by atoms with van der Waals surface area (Å²) >= 11 is 0. The van der Waals surface area contributed by atoms with E-state index in [1.54, 1.807) is 24.3 Å². The maximum Gasteiger partial charge on any atom is 0.119 e. The van der Waals surface area contributed by atoms with Crippen molar-refractivity contribution >= 4 is 5.69 Å². The predicted octanol–water partition coefficient (Wildman–Crippen LogP) is 2.60. The van der Waals surface area contributed by atoms with Crippen molar-refractivity contribution < 1.29 is 9.84 Å². The van der Waals surface area contributed by atoms with Crippen molar-refractivity contribution in [2.45, 2.75) is 6.42 Å². The van der Waals surface area contributed by atoms with Crippen molar-refractivity contribution in [3.8, 4) is 11.5 Å². The standard InChI is InChI=1S/C14H15NO2/c15-12-5-7-13(8-6-12)17-10-9-11-3-1-2-4-14(11)16/h1-8,16H,9-10,15H2. The van der Waals surface area contributed by atoms with Crippen LogP contribution in [0.1, 0.15) is 5.56 Å². The zero-order valence-electron chi connectivity index (χ0n) is 9.47. The van der Waals surface area contributed by atoms with Gasteiger partial charge in [-0.15, -0.1) is 0 Å². The number of para-hydroxylation sites is 1. The van der Waals surface area contributed by atoms with Gasteiger partial charge in [-0.25, -0.2) is 0 Å². The van der Waals surface area contributed by atoms with Crippen molar-refractivity contribution in [1.82, 2.24) is 0 Å². The van der Waals surface area contributed by atoms with Crippen LogP contribution in [0.25, 0.3) is 0 Å². The Morgan fingerprint density at radius 2 is 1.71 bits per heavy atom. The van der Waals surface area contributed by atoms with Crippen LogP contribution in [0.4, 0.5) is 5.69 Å². The Hall–Kier alpha value is -2.16. The predicted molar refractivity (Wildman–Crippen MR) is 68.2 cm³/mol. The molecule has 0 amide bonds. The van der Waals surface area contributed by atoms with E-state index in [0.29, 0.717) is 18.8 Å². The van der Waals surface area contributed by atoms with Gasteiger partial charge in [0.2, 0.25) is 0 Å². The molecule has 0 saturated heterocycles. The van der Waals surface area contributed by atoms with Crippen LogP contribution >= 0.6 is 0 Å².